The maximum absolute atomic E-state index is 11.4. The van der Waals surface area contributed by atoms with Crippen molar-refractivity contribution in [2.24, 2.45) is 5.41 Å². The van der Waals surface area contributed by atoms with Gasteiger partial charge in [-0.25, -0.2) is 0 Å². The highest BCUT2D eigenvalue weighted by Crippen LogP contribution is 2.19. The Morgan fingerprint density at radius 1 is 1.57 bits per heavy atom. The summed E-state index contributed by atoms with van der Waals surface area (Å²) in [5, 5.41) is 11.1. The van der Waals surface area contributed by atoms with E-state index in [0.717, 1.165) is 0 Å². The van der Waals surface area contributed by atoms with Gasteiger partial charge in [0.1, 0.15) is 12.0 Å². The number of nitriles is 1. The molecule has 0 aromatic rings. The minimum atomic E-state index is -1.08. The second kappa shape index (κ2) is 5.22. The molecular weight excluding hydrogens is 184 g/mol. The second-order valence-corrected chi connectivity index (χ2v) is 3.06. The van der Waals surface area contributed by atoms with E-state index in [1.807, 2.05) is 6.07 Å². The Labute approximate surface area is 83.0 Å². The van der Waals surface area contributed by atoms with Gasteiger partial charge in [0.25, 0.3) is 0 Å². The zero-order valence-electron chi connectivity index (χ0n) is 8.59. The number of carbonyl (C=O) groups is 2. The van der Waals surface area contributed by atoms with E-state index in [1.54, 1.807) is 6.92 Å². The molecule has 5 heteroatoms. The van der Waals surface area contributed by atoms with E-state index in [2.05, 4.69) is 10.1 Å². The van der Waals surface area contributed by atoms with Crippen LogP contribution in [0.3, 0.4) is 0 Å². The minimum Gasteiger partial charge on any atom is -0.468 e. The van der Waals surface area contributed by atoms with E-state index in [4.69, 9.17) is 5.26 Å². The first-order chi connectivity index (χ1) is 6.50. The maximum Gasteiger partial charge on any atom is 0.325 e. The zero-order valence-corrected chi connectivity index (χ0v) is 8.59. The molecule has 0 radical (unpaired) electrons. The molecule has 0 heterocycles. The van der Waals surface area contributed by atoms with Crippen molar-refractivity contribution < 1.29 is 14.3 Å². The molecule has 1 N–H and O–H groups in total. The topological polar surface area (TPSA) is 79.2 Å². The van der Waals surface area contributed by atoms with Crippen molar-refractivity contribution in [2.75, 3.05) is 13.7 Å². The van der Waals surface area contributed by atoms with E-state index in [9.17, 15) is 9.59 Å². The predicted octanol–water partition coefficient (Wildman–Crippen LogP) is 0.215. The van der Waals surface area contributed by atoms with Gasteiger partial charge in [0, 0.05) is 0 Å². The lowest BCUT2D eigenvalue weighted by Gasteiger charge is -2.17. The molecule has 0 aliphatic carbocycles. The standard InChI is InChI=1S/C9H14N2O3/c1-4-9(2,6-10)8(13)11-5-7(12)14-3/h4-5H2,1-3H3,(H,11,13). The number of nitrogens with zero attached hydrogens (tertiary/aromatic N) is 1. The van der Waals surface area contributed by atoms with E-state index in [0.29, 0.717) is 6.42 Å². The average Bonchev–Trinajstić information content (AvgIpc) is 2.23. The average molecular weight is 198 g/mol. The number of hydrogen-bond acceptors (Lipinski definition) is 4. The lowest BCUT2D eigenvalue weighted by Crippen LogP contribution is -2.40. The Balaban J connectivity index is 4.22. The Kier molecular flexibility index (Phi) is 4.64. The van der Waals surface area contributed by atoms with Crippen molar-refractivity contribution in [2.45, 2.75) is 20.3 Å². The molecule has 0 aliphatic heterocycles. The van der Waals surface area contributed by atoms with Crippen LogP contribution in [-0.4, -0.2) is 25.5 Å². The third-order valence-electron chi connectivity index (χ3n) is 2.08. The van der Waals surface area contributed by atoms with Crippen molar-refractivity contribution in [3.63, 3.8) is 0 Å². The lowest BCUT2D eigenvalue weighted by molar-refractivity contribution is -0.142. The first-order valence-corrected chi connectivity index (χ1v) is 4.26. The Morgan fingerprint density at radius 2 is 2.14 bits per heavy atom. The smallest absolute Gasteiger partial charge is 0.325 e. The minimum absolute atomic E-state index is 0.202. The fourth-order valence-corrected chi connectivity index (χ4v) is 0.710. The SMILES string of the molecule is CCC(C)(C#N)C(=O)NCC(=O)OC. The van der Waals surface area contributed by atoms with Gasteiger partial charge in [-0.3, -0.25) is 9.59 Å². The van der Waals surface area contributed by atoms with E-state index in [-0.39, 0.29) is 6.54 Å². The van der Waals surface area contributed by atoms with Crippen LogP contribution in [0, 0.1) is 16.7 Å². The van der Waals surface area contributed by atoms with Crippen LogP contribution in [0.1, 0.15) is 20.3 Å². The number of ether oxygens (including phenoxy) is 1. The Bertz CT molecular complexity index is 270. The molecule has 0 bridgehead atoms. The summed E-state index contributed by atoms with van der Waals surface area (Å²) in [5.41, 5.74) is -1.08. The molecule has 78 valence electrons. The molecule has 1 atom stereocenters. The highest BCUT2D eigenvalue weighted by atomic mass is 16.5. The largest absolute Gasteiger partial charge is 0.468 e. The zero-order chi connectivity index (χ0) is 11.2. The number of nitrogens with one attached hydrogen (secondary N) is 1. The quantitative estimate of drug-likeness (QED) is 0.655. The third kappa shape index (κ3) is 3.05. The molecule has 14 heavy (non-hydrogen) atoms. The van der Waals surface area contributed by atoms with Crippen molar-refractivity contribution in [1.29, 1.82) is 5.26 Å². The molecular formula is C9H14N2O3. The molecule has 0 aromatic carbocycles. The van der Waals surface area contributed by atoms with Crippen LogP contribution in [0.2, 0.25) is 0 Å². The van der Waals surface area contributed by atoms with Gasteiger partial charge in [-0.15, -0.1) is 0 Å². The van der Waals surface area contributed by atoms with Crippen LogP contribution in [0.25, 0.3) is 0 Å². The number of rotatable bonds is 4. The van der Waals surface area contributed by atoms with Crippen LogP contribution in [-0.2, 0) is 14.3 Å². The van der Waals surface area contributed by atoms with Gasteiger partial charge in [-0.05, 0) is 13.3 Å². The van der Waals surface area contributed by atoms with Gasteiger partial charge in [-0.2, -0.15) is 5.26 Å². The molecule has 0 saturated heterocycles. The van der Waals surface area contributed by atoms with Gasteiger partial charge in [0.2, 0.25) is 5.91 Å². The molecule has 0 aromatic heterocycles. The number of esters is 1. The van der Waals surface area contributed by atoms with Crippen molar-refractivity contribution in [1.82, 2.24) is 5.32 Å². The van der Waals surface area contributed by atoms with Gasteiger partial charge >= 0.3 is 5.97 Å². The van der Waals surface area contributed by atoms with Gasteiger partial charge in [-0.1, -0.05) is 6.92 Å². The predicted molar refractivity (Wildman–Crippen MR) is 49.0 cm³/mol. The molecule has 5 nitrogen and oxygen atoms in total. The normalized spacial score (nSPS) is 13.6. The first-order valence-electron chi connectivity index (χ1n) is 4.26. The van der Waals surface area contributed by atoms with Crippen molar-refractivity contribution in [3.8, 4) is 6.07 Å². The Morgan fingerprint density at radius 3 is 2.50 bits per heavy atom. The molecule has 1 amide bonds. The summed E-state index contributed by atoms with van der Waals surface area (Å²) in [5.74, 6) is -0.984. The van der Waals surface area contributed by atoms with Crippen LogP contribution in [0.4, 0.5) is 0 Å². The molecule has 0 rings (SSSR count). The summed E-state index contributed by atoms with van der Waals surface area (Å²) < 4.78 is 4.34. The highest BCUT2D eigenvalue weighted by Gasteiger charge is 2.31. The number of hydrogen-bond donors (Lipinski definition) is 1. The Hall–Kier alpha value is -1.57. The molecule has 0 fully saturated rings. The summed E-state index contributed by atoms with van der Waals surface area (Å²) in [6.07, 6.45) is 0.399. The number of methoxy groups -OCH3 is 1. The van der Waals surface area contributed by atoms with Crippen LogP contribution in [0.15, 0.2) is 0 Å². The second-order valence-electron chi connectivity index (χ2n) is 3.06. The fourth-order valence-electron chi connectivity index (χ4n) is 0.710. The summed E-state index contributed by atoms with van der Waals surface area (Å²) in [6, 6.07) is 1.91. The molecule has 1 unspecified atom stereocenters. The van der Waals surface area contributed by atoms with Gasteiger partial charge < -0.3 is 10.1 Å². The molecule has 0 saturated carbocycles. The van der Waals surface area contributed by atoms with Crippen LogP contribution < -0.4 is 5.32 Å². The molecule has 0 spiro atoms. The highest BCUT2D eigenvalue weighted by molar-refractivity contribution is 5.87. The number of amides is 1. The monoisotopic (exact) mass is 198 g/mol. The summed E-state index contributed by atoms with van der Waals surface area (Å²) in [4.78, 5) is 22.1. The summed E-state index contributed by atoms with van der Waals surface area (Å²) in [7, 11) is 1.23. The summed E-state index contributed by atoms with van der Waals surface area (Å²) >= 11 is 0. The van der Waals surface area contributed by atoms with Crippen LogP contribution >= 0.6 is 0 Å². The van der Waals surface area contributed by atoms with Gasteiger partial charge in [0.05, 0.1) is 13.2 Å². The van der Waals surface area contributed by atoms with E-state index >= 15 is 0 Å². The van der Waals surface area contributed by atoms with E-state index in [1.165, 1.54) is 14.0 Å². The number of carbonyl (C=O) groups excluding carboxylic acids is 2. The third-order valence-corrected chi connectivity index (χ3v) is 2.08. The molecule has 0 aliphatic rings. The van der Waals surface area contributed by atoms with Crippen molar-refractivity contribution in [3.05, 3.63) is 0 Å². The first kappa shape index (κ1) is 12.4. The van der Waals surface area contributed by atoms with Crippen LogP contribution in [0.5, 0.6) is 0 Å². The van der Waals surface area contributed by atoms with Gasteiger partial charge in [0.15, 0.2) is 0 Å². The summed E-state index contributed by atoms with van der Waals surface area (Å²) in [6.45, 7) is 3.06. The fraction of sp³-hybridized carbons (Fsp3) is 0.667. The van der Waals surface area contributed by atoms with E-state index < -0.39 is 17.3 Å². The van der Waals surface area contributed by atoms with Crippen molar-refractivity contribution >= 4 is 11.9 Å². The maximum atomic E-state index is 11.4. The lowest BCUT2D eigenvalue weighted by atomic mass is 9.88.